The monoisotopic (exact) mass is 420 g/mol. The Morgan fingerprint density at radius 1 is 0.935 bits per heavy atom. The molecule has 0 radical (unpaired) electrons. The molecule has 9 heteroatoms. The first-order valence-corrected chi connectivity index (χ1v) is 10.9. The van der Waals surface area contributed by atoms with Crippen LogP contribution in [0.3, 0.4) is 0 Å². The third-order valence-corrected chi connectivity index (χ3v) is 5.84. The fraction of sp³-hybridized carbons (Fsp3) is 0.455. The molecule has 31 heavy (non-hydrogen) atoms. The number of aryl methyl sites for hydroxylation is 1. The van der Waals surface area contributed by atoms with Crippen LogP contribution in [0.15, 0.2) is 35.6 Å². The van der Waals surface area contributed by atoms with Gasteiger partial charge in [0, 0.05) is 55.9 Å². The first-order valence-electron chi connectivity index (χ1n) is 10.9. The van der Waals surface area contributed by atoms with E-state index in [0.29, 0.717) is 25.1 Å². The number of para-hydroxylation sites is 1. The fourth-order valence-corrected chi connectivity index (χ4v) is 4.18. The van der Waals surface area contributed by atoms with E-state index in [1.165, 1.54) is 24.8 Å². The van der Waals surface area contributed by atoms with Crippen molar-refractivity contribution in [3.8, 4) is 0 Å². The largest absolute Gasteiger partial charge is 0.378 e. The molecule has 0 spiro atoms. The summed E-state index contributed by atoms with van der Waals surface area (Å²) in [5.41, 5.74) is 5.26. The van der Waals surface area contributed by atoms with Gasteiger partial charge in [0.15, 0.2) is 0 Å². The summed E-state index contributed by atoms with van der Waals surface area (Å²) < 4.78 is 7.59. The number of rotatable bonds is 5. The van der Waals surface area contributed by atoms with Gasteiger partial charge in [0.05, 0.1) is 19.4 Å². The minimum atomic E-state index is 0.466. The van der Waals surface area contributed by atoms with Gasteiger partial charge in [-0.05, 0) is 25.3 Å². The predicted molar refractivity (Wildman–Crippen MR) is 123 cm³/mol. The predicted octanol–water partition coefficient (Wildman–Crippen LogP) is 2.64. The molecule has 0 amide bonds. The molecule has 1 N–H and O–H groups in total. The van der Waals surface area contributed by atoms with Gasteiger partial charge in [-0.1, -0.05) is 18.2 Å². The van der Waals surface area contributed by atoms with E-state index < -0.39 is 0 Å². The van der Waals surface area contributed by atoms with Crippen molar-refractivity contribution >= 4 is 35.0 Å². The van der Waals surface area contributed by atoms with E-state index >= 15 is 0 Å². The molecule has 1 aromatic carbocycles. The first kappa shape index (κ1) is 19.7. The van der Waals surface area contributed by atoms with Crippen LogP contribution in [-0.4, -0.2) is 65.1 Å². The highest BCUT2D eigenvalue weighted by molar-refractivity contribution is 5.99. The molecule has 3 aromatic rings. The van der Waals surface area contributed by atoms with Gasteiger partial charge in [-0.2, -0.15) is 20.1 Å². The van der Waals surface area contributed by atoms with Crippen molar-refractivity contribution in [1.29, 1.82) is 0 Å². The van der Waals surface area contributed by atoms with Crippen LogP contribution in [0.1, 0.15) is 24.8 Å². The lowest BCUT2D eigenvalue weighted by Crippen LogP contribution is -2.38. The molecule has 2 saturated heterocycles. The van der Waals surface area contributed by atoms with Gasteiger partial charge in [0.1, 0.15) is 0 Å². The molecule has 0 aliphatic carbocycles. The number of nitrogens with one attached hydrogen (secondary N) is 1. The number of piperidine rings is 1. The number of anilines is 3. The molecule has 162 valence electrons. The normalized spacial score (nSPS) is 17.6. The van der Waals surface area contributed by atoms with Gasteiger partial charge >= 0.3 is 0 Å². The van der Waals surface area contributed by atoms with E-state index in [2.05, 4.69) is 53.2 Å². The highest BCUT2D eigenvalue weighted by Crippen LogP contribution is 2.21. The van der Waals surface area contributed by atoms with Crippen LogP contribution < -0.4 is 15.2 Å². The van der Waals surface area contributed by atoms with Crippen LogP contribution in [0.4, 0.5) is 17.8 Å². The zero-order valence-corrected chi connectivity index (χ0v) is 17.9. The Hall–Kier alpha value is -3.20. The summed E-state index contributed by atoms with van der Waals surface area (Å²) in [5.74, 6) is 1.87. The number of aromatic nitrogens is 4. The van der Waals surface area contributed by atoms with Crippen LogP contribution >= 0.6 is 0 Å². The van der Waals surface area contributed by atoms with Crippen LogP contribution in [-0.2, 0) is 11.8 Å². The fourth-order valence-electron chi connectivity index (χ4n) is 4.18. The second kappa shape index (κ2) is 8.89. The van der Waals surface area contributed by atoms with Crippen molar-refractivity contribution < 1.29 is 4.74 Å². The van der Waals surface area contributed by atoms with Crippen molar-refractivity contribution in [3.05, 3.63) is 36.0 Å². The van der Waals surface area contributed by atoms with E-state index in [0.717, 1.165) is 43.1 Å². The molecule has 2 aliphatic heterocycles. The van der Waals surface area contributed by atoms with Crippen molar-refractivity contribution in [2.75, 3.05) is 54.6 Å². The lowest BCUT2D eigenvalue weighted by atomic mass is 10.1. The topological polar surface area (TPSA) is 83.7 Å². The summed E-state index contributed by atoms with van der Waals surface area (Å²) in [6.45, 7) is 4.89. The standard InChI is InChI=1S/C22H28N8O/c1-28-16-17(18-7-3-4-8-19(18)28)15-23-27-20-24-21(29-9-5-2-6-10-29)26-22(25-20)30-11-13-31-14-12-30/h3-4,7-8,15-16H,2,5-6,9-14H2,1H3,(H,24,25,26,27)/b23-15-. The second-order valence-corrected chi connectivity index (χ2v) is 7.99. The van der Waals surface area contributed by atoms with Crippen molar-refractivity contribution in [1.82, 2.24) is 19.5 Å². The van der Waals surface area contributed by atoms with E-state index in [1.807, 2.05) is 25.4 Å². The van der Waals surface area contributed by atoms with Gasteiger partial charge in [-0.3, -0.25) is 0 Å². The summed E-state index contributed by atoms with van der Waals surface area (Å²) in [4.78, 5) is 18.5. The molecular formula is C22H28N8O. The zero-order valence-electron chi connectivity index (χ0n) is 17.9. The Kier molecular flexibility index (Phi) is 5.66. The third-order valence-electron chi connectivity index (χ3n) is 5.84. The summed E-state index contributed by atoms with van der Waals surface area (Å²) in [5, 5.41) is 5.61. The molecule has 0 atom stereocenters. The number of fused-ring (bicyclic) bond motifs is 1. The second-order valence-electron chi connectivity index (χ2n) is 7.99. The van der Waals surface area contributed by atoms with Gasteiger partial charge in [0.2, 0.25) is 17.8 Å². The lowest BCUT2D eigenvalue weighted by Gasteiger charge is -2.30. The van der Waals surface area contributed by atoms with Gasteiger partial charge < -0.3 is 19.1 Å². The number of hydrogen-bond acceptors (Lipinski definition) is 8. The molecule has 0 unspecified atom stereocenters. The maximum Gasteiger partial charge on any atom is 0.250 e. The molecule has 9 nitrogen and oxygen atoms in total. The average molecular weight is 421 g/mol. The van der Waals surface area contributed by atoms with Crippen molar-refractivity contribution in [2.45, 2.75) is 19.3 Å². The summed E-state index contributed by atoms with van der Waals surface area (Å²) in [6, 6.07) is 8.29. The van der Waals surface area contributed by atoms with Crippen LogP contribution in [0.2, 0.25) is 0 Å². The van der Waals surface area contributed by atoms with Crippen LogP contribution in [0.5, 0.6) is 0 Å². The average Bonchev–Trinajstić information content (AvgIpc) is 3.16. The zero-order chi connectivity index (χ0) is 21.0. The van der Waals surface area contributed by atoms with Crippen molar-refractivity contribution in [3.63, 3.8) is 0 Å². The van der Waals surface area contributed by atoms with E-state index in [1.54, 1.807) is 0 Å². The highest BCUT2D eigenvalue weighted by atomic mass is 16.5. The third kappa shape index (κ3) is 4.32. The summed E-state index contributed by atoms with van der Waals surface area (Å²) in [6.07, 6.45) is 7.49. The maximum absolute atomic E-state index is 5.48. The number of nitrogens with zero attached hydrogens (tertiary/aromatic N) is 7. The molecule has 0 bridgehead atoms. The molecule has 2 fully saturated rings. The van der Waals surface area contributed by atoms with Gasteiger partial charge in [0.25, 0.3) is 0 Å². The smallest absolute Gasteiger partial charge is 0.250 e. The Morgan fingerprint density at radius 3 is 2.42 bits per heavy atom. The molecule has 0 saturated carbocycles. The number of ether oxygens (including phenoxy) is 1. The molecule has 4 heterocycles. The summed E-state index contributed by atoms with van der Waals surface area (Å²) in [7, 11) is 2.04. The Morgan fingerprint density at radius 2 is 1.65 bits per heavy atom. The molecule has 2 aromatic heterocycles. The van der Waals surface area contributed by atoms with Gasteiger partial charge in [-0.15, -0.1) is 0 Å². The Balaban J connectivity index is 1.40. The number of morpholine rings is 1. The first-order chi connectivity index (χ1) is 15.3. The molecular weight excluding hydrogens is 392 g/mol. The molecule has 2 aliphatic rings. The van der Waals surface area contributed by atoms with Crippen LogP contribution in [0.25, 0.3) is 10.9 Å². The lowest BCUT2D eigenvalue weighted by molar-refractivity contribution is 0.122. The van der Waals surface area contributed by atoms with E-state index in [4.69, 9.17) is 9.72 Å². The SMILES string of the molecule is Cn1cc(/C=N\Nc2nc(N3CCCCC3)nc(N3CCOCC3)n2)c2ccccc21. The van der Waals surface area contributed by atoms with Crippen LogP contribution in [0, 0.1) is 0 Å². The van der Waals surface area contributed by atoms with Crippen molar-refractivity contribution in [2.24, 2.45) is 12.1 Å². The summed E-state index contributed by atoms with van der Waals surface area (Å²) >= 11 is 0. The Bertz CT molecular complexity index is 1030. The van der Waals surface area contributed by atoms with E-state index in [9.17, 15) is 0 Å². The molecule has 5 rings (SSSR count). The van der Waals surface area contributed by atoms with E-state index in [-0.39, 0.29) is 0 Å². The minimum Gasteiger partial charge on any atom is -0.378 e. The number of hydrazone groups is 1. The number of hydrogen-bond donors (Lipinski definition) is 1. The maximum atomic E-state index is 5.48. The Labute approximate surface area is 181 Å². The quantitative estimate of drug-likeness (QED) is 0.502. The highest BCUT2D eigenvalue weighted by Gasteiger charge is 2.20. The minimum absolute atomic E-state index is 0.466. The van der Waals surface area contributed by atoms with Gasteiger partial charge in [-0.25, -0.2) is 5.43 Å². The number of benzene rings is 1.